The number of carbonyl (C=O) groups excluding carboxylic acids is 1. The van der Waals surface area contributed by atoms with Crippen molar-refractivity contribution < 1.29 is 9.53 Å². The highest BCUT2D eigenvalue weighted by molar-refractivity contribution is 9.10. The van der Waals surface area contributed by atoms with Gasteiger partial charge in [-0.25, -0.2) is 4.79 Å². The van der Waals surface area contributed by atoms with Gasteiger partial charge in [-0.1, -0.05) is 66.7 Å². The molecule has 0 aliphatic carbocycles. The minimum atomic E-state index is -0.871. The number of hydrogen-bond acceptors (Lipinski definition) is 2. The number of halogens is 1. The zero-order valence-electron chi connectivity index (χ0n) is 14.2. The zero-order chi connectivity index (χ0) is 17.9. The van der Waals surface area contributed by atoms with E-state index in [9.17, 15) is 4.79 Å². The van der Waals surface area contributed by atoms with Gasteiger partial charge in [-0.05, 0) is 58.6 Å². The van der Waals surface area contributed by atoms with Crippen LogP contribution < -0.4 is 0 Å². The van der Waals surface area contributed by atoms with E-state index >= 15 is 0 Å². The van der Waals surface area contributed by atoms with Crippen LogP contribution >= 0.6 is 15.9 Å². The van der Waals surface area contributed by atoms with Crippen LogP contribution in [-0.2, 0) is 10.3 Å². The highest BCUT2D eigenvalue weighted by Gasteiger charge is 2.34. The maximum Gasteiger partial charge on any atom is 0.340 e. The van der Waals surface area contributed by atoms with Crippen molar-refractivity contribution in [3.63, 3.8) is 0 Å². The minimum Gasteiger partial charge on any atom is -0.446 e. The minimum absolute atomic E-state index is 0.359. The molecule has 25 heavy (non-hydrogen) atoms. The lowest BCUT2D eigenvalue weighted by molar-refractivity contribution is 0.00605. The van der Waals surface area contributed by atoms with Crippen LogP contribution in [0.4, 0.5) is 0 Å². The molecule has 3 aromatic carbocycles. The maximum absolute atomic E-state index is 12.9. The molecular formula is C22H19BrO2. The average molecular weight is 395 g/mol. The molecule has 3 aromatic rings. The van der Waals surface area contributed by atoms with Gasteiger partial charge in [0, 0.05) is 4.47 Å². The van der Waals surface area contributed by atoms with Crippen LogP contribution in [0.5, 0.6) is 0 Å². The summed E-state index contributed by atoms with van der Waals surface area (Å²) in [6.07, 6.45) is 0. The first-order valence-electron chi connectivity index (χ1n) is 8.11. The Kier molecular flexibility index (Phi) is 5.05. The van der Waals surface area contributed by atoms with Gasteiger partial charge in [-0.15, -0.1) is 0 Å². The molecule has 0 aliphatic rings. The topological polar surface area (TPSA) is 26.3 Å². The summed E-state index contributed by atoms with van der Waals surface area (Å²) in [5, 5.41) is 0. The molecule has 126 valence electrons. The fourth-order valence-electron chi connectivity index (χ4n) is 2.82. The van der Waals surface area contributed by atoms with E-state index in [0.29, 0.717) is 5.56 Å². The van der Waals surface area contributed by atoms with Gasteiger partial charge in [0.1, 0.15) is 0 Å². The van der Waals surface area contributed by atoms with Gasteiger partial charge in [0.15, 0.2) is 5.60 Å². The van der Waals surface area contributed by atoms with Crippen molar-refractivity contribution >= 4 is 21.9 Å². The van der Waals surface area contributed by atoms with Gasteiger partial charge < -0.3 is 4.74 Å². The third-order valence-electron chi connectivity index (χ3n) is 4.29. The van der Waals surface area contributed by atoms with Crippen LogP contribution in [0.15, 0.2) is 83.3 Å². The average Bonchev–Trinajstić information content (AvgIpc) is 2.63. The number of aryl methyl sites for hydroxylation is 1. The predicted molar refractivity (Wildman–Crippen MR) is 104 cm³/mol. The molecule has 0 aromatic heterocycles. The number of rotatable bonds is 4. The van der Waals surface area contributed by atoms with Crippen LogP contribution in [0.25, 0.3) is 0 Å². The van der Waals surface area contributed by atoms with Crippen LogP contribution in [0, 0.1) is 6.92 Å². The maximum atomic E-state index is 12.9. The monoisotopic (exact) mass is 394 g/mol. The molecule has 0 amide bonds. The van der Waals surface area contributed by atoms with E-state index in [1.54, 1.807) is 6.07 Å². The summed E-state index contributed by atoms with van der Waals surface area (Å²) in [4.78, 5) is 12.9. The lowest BCUT2D eigenvalue weighted by Gasteiger charge is -2.31. The van der Waals surface area contributed by atoms with Gasteiger partial charge in [0.2, 0.25) is 0 Å². The standard InChI is InChI=1S/C22H19BrO2/c1-16-13-14-19(20(23)15-16)21(24)25-22(2,17-9-5-3-6-10-17)18-11-7-4-8-12-18/h3-15H,1-2H3. The van der Waals surface area contributed by atoms with Gasteiger partial charge in [-0.3, -0.25) is 0 Å². The van der Waals surface area contributed by atoms with E-state index in [4.69, 9.17) is 4.74 Å². The molecule has 0 atom stereocenters. The molecule has 0 N–H and O–H groups in total. The molecule has 0 spiro atoms. The summed E-state index contributed by atoms with van der Waals surface area (Å²) >= 11 is 3.47. The fourth-order valence-corrected chi connectivity index (χ4v) is 3.48. The highest BCUT2D eigenvalue weighted by atomic mass is 79.9. The van der Waals surface area contributed by atoms with Crippen LogP contribution in [0.1, 0.15) is 34.0 Å². The smallest absolute Gasteiger partial charge is 0.340 e. The zero-order valence-corrected chi connectivity index (χ0v) is 15.8. The van der Waals surface area contributed by atoms with E-state index in [1.165, 1.54) is 0 Å². The van der Waals surface area contributed by atoms with E-state index < -0.39 is 5.60 Å². The molecule has 2 nitrogen and oxygen atoms in total. The Morgan fingerprint density at radius 1 is 0.880 bits per heavy atom. The van der Waals surface area contributed by atoms with Gasteiger partial charge in [-0.2, -0.15) is 0 Å². The SMILES string of the molecule is Cc1ccc(C(=O)OC(C)(c2ccccc2)c2ccccc2)c(Br)c1. The van der Waals surface area contributed by atoms with Crippen molar-refractivity contribution in [1.29, 1.82) is 0 Å². The quantitative estimate of drug-likeness (QED) is 0.516. The lowest BCUT2D eigenvalue weighted by atomic mass is 9.88. The normalized spacial score (nSPS) is 11.2. The van der Waals surface area contributed by atoms with Gasteiger partial charge in [0.25, 0.3) is 0 Å². The van der Waals surface area contributed by atoms with Crippen LogP contribution in [0.2, 0.25) is 0 Å². The van der Waals surface area contributed by atoms with Crippen molar-refractivity contribution in [3.8, 4) is 0 Å². The molecule has 0 unspecified atom stereocenters. The first kappa shape index (κ1) is 17.4. The van der Waals surface area contributed by atoms with Crippen molar-refractivity contribution in [1.82, 2.24) is 0 Å². The van der Waals surface area contributed by atoms with E-state index in [-0.39, 0.29) is 5.97 Å². The summed E-state index contributed by atoms with van der Waals surface area (Å²) in [5.74, 6) is -0.359. The van der Waals surface area contributed by atoms with Gasteiger partial charge in [0.05, 0.1) is 5.56 Å². The van der Waals surface area contributed by atoms with Crippen LogP contribution in [-0.4, -0.2) is 5.97 Å². The largest absolute Gasteiger partial charge is 0.446 e. The molecule has 0 radical (unpaired) electrons. The van der Waals surface area contributed by atoms with Crippen molar-refractivity contribution in [2.24, 2.45) is 0 Å². The Bertz CT molecular complexity index is 834. The second kappa shape index (κ2) is 7.24. The van der Waals surface area contributed by atoms with E-state index in [1.807, 2.05) is 86.6 Å². The Hall–Kier alpha value is -2.39. The molecule has 3 heteroatoms. The first-order valence-corrected chi connectivity index (χ1v) is 8.90. The fraction of sp³-hybridized carbons (Fsp3) is 0.136. The summed E-state index contributed by atoms with van der Waals surface area (Å²) in [6, 6.07) is 25.2. The molecule has 0 aliphatic heterocycles. The first-order chi connectivity index (χ1) is 12.0. The molecular weight excluding hydrogens is 376 g/mol. The van der Waals surface area contributed by atoms with Crippen molar-refractivity contribution in [3.05, 3.63) is 106 Å². The molecule has 0 fully saturated rings. The molecule has 0 bridgehead atoms. The second-order valence-electron chi connectivity index (χ2n) is 6.14. The van der Waals surface area contributed by atoms with Crippen LogP contribution in [0.3, 0.4) is 0 Å². The third kappa shape index (κ3) is 3.67. The lowest BCUT2D eigenvalue weighted by Crippen LogP contribution is -2.30. The van der Waals surface area contributed by atoms with Crippen molar-refractivity contribution in [2.75, 3.05) is 0 Å². The Labute approximate surface area is 156 Å². The Morgan fingerprint density at radius 2 is 1.40 bits per heavy atom. The molecule has 0 saturated heterocycles. The summed E-state index contributed by atoms with van der Waals surface area (Å²) in [7, 11) is 0. The number of esters is 1. The summed E-state index contributed by atoms with van der Waals surface area (Å²) < 4.78 is 6.78. The number of benzene rings is 3. The predicted octanol–water partition coefficient (Wildman–Crippen LogP) is 5.88. The van der Waals surface area contributed by atoms with Crippen molar-refractivity contribution in [2.45, 2.75) is 19.4 Å². The number of ether oxygens (including phenoxy) is 1. The second-order valence-corrected chi connectivity index (χ2v) is 6.99. The number of carbonyl (C=O) groups is 1. The van der Waals surface area contributed by atoms with E-state index in [0.717, 1.165) is 21.2 Å². The molecule has 3 rings (SSSR count). The molecule has 0 saturated carbocycles. The molecule has 0 heterocycles. The third-order valence-corrected chi connectivity index (χ3v) is 4.95. The highest BCUT2D eigenvalue weighted by Crippen LogP contribution is 2.34. The summed E-state index contributed by atoms with van der Waals surface area (Å²) in [5.41, 5.74) is 2.58. The van der Waals surface area contributed by atoms with Gasteiger partial charge >= 0.3 is 5.97 Å². The van der Waals surface area contributed by atoms with E-state index in [2.05, 4.69) is 15.9 Å². The summed E-state index contributed by atoms with van der Waals surface area (Å²) in [6.45, 7) is 3.91. The Balaban J connectivity index is 2.03. The Morgan fingerprint density at radius 3 is 1.88 bits per heavy atom. The number of hydrogen-bond donors (Lipinski definition) is 0.